The van der Waals surface area contributed by atoms with Crippen molar-refractivity contribution in [2.45, 2.75) is 44.2 Å². The Hall–Kier alpha value is -1.67. The van der Waals surface area contributed by atoms with Gasteiger partial charge in [0.1, 0.15) is 11.9 Å². The topological polar surface area (TPSA) is 80.2 Å². The lowest BCUT2D eigenvalue weighted by Gasteiger charge is -2.37. The predicted molar refractivity (Wildman–Crippen MR) is 111 cm³/mol. The van der Waals surface area contributed by atoms with Gasteiger partial charge in [-0.2, -0.15) is 0 Å². The van der Waals surface area contributed by atoms with E-state index in [0.717, 1.165) is 22.4 Å². The van der Waals surface area contributed by atoms with Gasteiger partial charge in [0.15, 0.2) is 0 Å². The molecule has 1 aliphatic rings. The SMILES string of the molecule is CCOc1ccc(Cc2cc([C@@H]3OC(CNOC)[C@@H](O)C[C@H]3O)ccc2Cl)cc1. The molecule has 2 aromatic rings. The summed E-state index contributed by atoms with van der Waals surface area (Å²) in [6.07, 6.45) is -1.70. The molecule has 29 heavy (non-hydrogen) atoms. The highest BCUT2D eigenvalue weighted by molar-refractivity contribution is 6.31. The van der Waals surface area contributed by atoms with Gasteiger partial charge >= 0.3 is 0 Å². The monoisotopic (exact) mass is 421 g/mol. The highest BCUT2D eigenvalue weighted by Gasteiger charge is 2.37. The molecule has 3 rings (SSSR count). The minimum atomic E-state index is -0.803. The van der Waals surface area contributed by atoms with Crippen molar-refractivity contribution < 1.29 is 24.5 Å². The standard InChI is InChI=1S/C22H28ClNO5/c1-3-28-17-7-4-14(5-8-17)10-16-11-15(6-9-18(16)23)22-20(26)12-19(25)21(29-22)13-24-27-2/h4-9,11,19-22,24-26H,3,10,12-13H2,1-2H3/t19-,20+,21?,22-/m0/s1. The Kier molecular flexibility index (Phi) is 7.89. The summed E-state index contributed by atoms with van der Waals surface area (Å²) in [6.45, 7) is 2.91. The van der Waals surface area contributed by atoms with Crippen LogP contribution < -0.4 is 10.2 Å². The molecule has 1 aliphatic heterocycles. The lowest BCUT2D eigenvalue weighted by Crippen LogP contribution is -2.47. The molecule has 0 radical (unpaired) electrons. The molecule has 1 heterocycles. The third kappa shape index (κ3) is 5.69. The maximum Gasteiger partial charge on any atom is 0.119 e. The third-order valence-electron chi connectivity index (χ3n) is 5.04. The van der Waals surface area contributed by atoms with Crippen molar-refractivity contribution in [3.05, 3.63) is 64.2 Å². The molecule has 0 aromatic heterocycles. The zero-order valence-corrected chi connectivity index (χ0v) is 17.4. The van der Waals surface area contributed by atoms with Gasteiger partial charge in [0, 0.05) is 18.0 Å². The summed E-state index contributed by atoms with van der Waals surface area (Å²) in [5.74, 6) is 0.837. The normalized spacial score (nSPS) is 24.4. The van der Waals surface area contributed by atoms with Crippen molar-refractivity contribution in [1.29, 1.82) is 0 Å². The smallest absolute Gasteiger partial charge is 0.119 e. The fraction of sp³-hybridized carbons (Fsp3) is 0.455. The third-order valence-corrected chi connectivity index (χ3v) is 5.41. The molecule has 2 aromatic carbocycles. The van der Waals surface area contributed by atoms with Crippen LogP contribution in [0.3, 0.4) is 0 Å². The van der Waals surface area contributed by atoms with Crippen LogP contribution in [0.25, 0.3) is 0 Å². The van der Waals surface area contributed by atoms with Gasteiger partial charge in [0.2, 0.25) is 0 Å². The Labute approximate surface area is 176 Å². The van der Waals surface area contributed by atoms with E-state index in [1.54, 1.807) is 0 Å². The van der Waals surface area contributed by atoms with Crippen LogP contribution in [0.5, 0.6) is 5.75 Å². The number of benzene rings is 2. The van der Waals surface area contributed by atoms with Crippen molar-refractivity contribution in [2.75, 3.05) is 20.3 Å². The molecule has 4 atom stereocenters. The maximum atomic E-state index is 10.5. The molecule has 0 amide bonds. The average molecular weight is 422 g/mol. The summed E-state index contributed by atoms with van der Waals surface area (Å²) < 4.78 is 11.5. The minimum absolute atomic E-state index is 0.234. The average Bonchev–Trinajstić information content (AvgIpc) is 2.71. The first-order valence-corrected chi connectivity index (χ1v) is 10.2. The Morgan fingerprint density at radius 1 is 1.14 bits per heavy atom. The lowest BCUT2D eigenvalue weighted by molar-refractivity contribution is -0.175. The van der Waals surface area contributed by atoms with E-state index in [4.69, 9.17) is 25.9 Å². The Morgan fingerprint density at radius 3 is 2.59 bits per heavy atom. The van der Waals surface area contributed by atoms with Gasteiger partial charge in [-0.1, -0.05) is 35.9 Å². The number of hydroxylamine groups is 1. The molecule has 0 spiro atoms. The van der Waals surface area contributed by atoms with Gasteiger partial charge < -0.3 is 24.5 Å². The number of hydrogen-bond donors (Lipinski definition) is 3. The lowest BCUT2D eigenvalue weighted by atomic mass is 9.92. The first-order valence-electron chi connectivity index (χ1n) is 9.79. The summed E-state index contributed by atoms with van der Waals surface area (Å²) in [7, 11) is 1.51. The Balaban J connectivity index is 1.76. The molecule has 1 fully saturated rings. The fourth-order valence-corrected chi connectivity index (χ4v) is 3.72. The number of hydrogen-bond acceptors (Lipinski definition) is 6. The first-order chi connectivity index (χ1) is 14.0. The van der Waals surface area contributed by atoms with Gasteiger partial charge in [0.05, 0.1) is 32.0 Å². The van der Waals surface area contributed by atoms with Crippen molar-refractivity contribution in [1.82, 2.24) is 5.48 Å². The fourth-order valence-electron chi connectivity index (χ4n) is 3.54. The number of halogens is 1. The summed E-state index contributed by atoms with van der Waals surface area (Å²) in [4.78, 5) is 4.86. The molecule has 158 valence electrons. The number of nitrogens with one attached hydrogen (secondary N) is 1. The number of aliphatic hydroxyl groups is 2. The van der Waals surface area contributed by atoms with E-state index in [1.165, 1.54) is 7.11 Å². The van der Waals surface area contributed by atoms with Crippen LogP contribution in [0.15, 0.2) is 42.5 Å². The van der Waals surface area contributed by atoms with Gasteiger partial charge in [-0.25, -0.2) is 5.48 Å². The second-order valence-electron chi connectivity index (χ2n) is 7.12. The van der Waals surface area contributed by atoms with Gasteiger partial charge in [-0.3, -0.25) is 0 Å². The number of ether oxygens (including phenoxy) is 2. The summed E-state index contributed by atoms with van der Waals surface area (Å²) in [5, 5.41) is 21.3. The minimum Gasteiger partial charge on any atom is -0.494 e. The predicted octanol–water partition coefficient (Wildman–Crippen LogP) is 3.03. The highest BCUT2D eigenvalue weighted by atomic mass is 35.5. The summed E-state index contributed by atoms with van der Waals surface area (Å²) in [6, 6.07) is 13.6. The van der Waals surface area contributed by atoms with E-state index in [2.05, 4.69) is 5.48 Å². The highest BCUT2D eigenvalue weighted by Crippen LogP contribution is 2.34. The summed E-state index contributed by atoms with van der Waals surface area (Å²) in [5.41, 5.74) is 5.59. The zero-order chi connectivity index (χ0) is 20.8. The van der Waals surface area contributed by atoms with Crippen LogP contribution in [0.1, 0.15) is 36.1 Å². The number of aliphatic hydroxyl groups excluding tert-OH is 2. The van der Waals surface area contributed by atoms with Crippen LogP contribution >= 0.6 is 11.6 Å². The van der Waals surface area contributed by atoms with E-state index in [9.17, 15) is 10.2 Å². The van der Waals surface area contributed by atoms with Gasteiger partial charge in [-0.15, -0.1) is 0 Å². The molecule has 0 saturated carbocycles. The second kappa shape index (κ2) is 10.4. The van der Waals surface area contributed by atoms with E-state index >= 15 is 0 Å². The van der Waals surface area contributed by atoms with E-state index < -0.39 is 24.4 Å². The maximum absolute atomic E-state index is 10.5. The molecule has 3 N–H and O–H groups in total. The molecule has 1 saturated heterocycles. The van der Waals surface area contributed by atoms with Crippen LogP contribution in [0.4, 0.5) is 0 Å². The van der Waals surface area contributed by atoms with E-state index in [0.29, 0.717) is 24.6 Å². The van der Waals surface area contributed by atoms with Crippen LogP contribution in [0.2, 0.25) is 5.02 Å². The molecule has 0 bridgehead atoms. The summed E-state index contributed by atoms with van der Waals surface area (Å²) >= 11 is 6.43. The quantitative estimate of drug-likeness (QED) is 0.568. The van der Waals surface area contributed by atoms with Crippen LogP contribution in [-0.2, 0) is 16.0 Å². The molecular formula is C22H28ClNO5. The number of rotatable bonds is 8. The van der Waals surface area contributed by atoms with Crippen molar-refractivity contribution in [2.24, 2.45) is 0 Å². The zero-order valence-electron chi connectivity index (χ0n) is 16.7. The van der Waals surface area contributed by atoms with Gasteiger partial charge in [-0.05, 0) is 48.2 Å². The molecule has 1 unspecified atom stereocenters. The van der Waals surface area contributed by atoms with Crippen LogP contribution in [0, 0.1) is 0 Å². The second-order valence-corrected chi connectivity index (χ2v) is 7.53. The van der Waals surface area contributed by atoms with E-state index in [-0.39, 0.29) is 6.42 Å². The molecule has 6 nitrogen and oxygen atoms in total. The van der Waals surface area contributed by atoms with Crippen LogP contribution in [-0.4, -0.2) is 48.8 Å². The Bertz CT molecular complexity index is 785. The molecule has 0 aliphatic carbocycles. The van der Waals surface area contributed by atoms with E-state index in [1.807, 2.05) is 49.4 Å². The Morgan fingerprint density at radius 2 is 1.90 bits per heavy atom. The largest absolute Gasteiger partial charge is 0.494 e. The van der Waals surface area contributed by atoms with Crippen molar-refractivity contribution in [3.63, 3.8) is 0 Å². The first kappa shape index (κ1) is 22.0. The van der Waals surface area contributed by atoms with Crippen molar-refractivity contribution >= 4 is 11.6 Å². The van der Waals surface area contributed by atoms with Gasteiger partial charge in [0.25, 0.3) is 0 Å². The van der Waals surface area contributed by atoms with Crippen molar-refractivity contribution in [3.8, 4) is 5.75 Å². The molecular weight excluding hydrogens is 394 g/mol. The molecule has 7 heteroatoms.